The van der Waals surface area contributed by atoms with Gasteiger partial charge in [-0.25, -0.2) is 4.68 Å². The summed E-state index contributed by atoms with van der Waals surface area (Å²) >= 11 is 5.16. The van der Waals surface area contributed by atoms with Crippen LogP contribution in [0.4, 0.5) is 0 Å². The zero-order valence-corrected chi connectivity index (χ0v) is 10.0. The summed E-state index contributed by atoms with van der Waals surface area (Å²) in [5.41, 5.74) is 0. The molecule has 2 rings (SSSR count). The number of aromatic nitrogens is 2. The predicted molar refractivity (Wildman–Crippen MR) is 59.9 cm³/mol. The van der Waals surface area contributed by atoms with Gasteiger partial charge in [0, 0.05) is 4.88 Å². The Kier molecular flexibility index (Phi) is 2.88. The molecule has 74 valence electrons. The van der Waals surface area contributed by atoms with E-state index in [0.717, 1.165) is 16.9 Å². The number of thiophene rings is 1. The van der Waals surface area contributed by atoms with Crippen LogP contribution in [0, 0.1) is 0 Å². The average Bonchev–Trinajstić information content (AvgIpc) is 2.79. The van der Waals surface area contributed by atoms with Crippen LogP contribution in [0.3, 0.4) is 0 Å². The van der Waals surface area contributed by atoms with Gasteiger partial charge in [0.1, 0.15) is 4.60 Å². The van der Waals surface area contributed by atoms with Gasteiger partial charge < -0.3 is 4.74 Å². The van der Waals surface area contributed by atoms with E-state index in [9.17, 15) is 0 Å². The van der Waals surface area contributed by atoms with Gasteiger partial charge in [0.2, 0.25) is 0 Å². The van der Waals surface area contributed by atoms with Crippen LogP contribution in [-0.2, 0) is 6.54 Å². The first-order chi connectivity index (χ1) is 6.81. The summed E-state index contributed by atoms with van der Waals surface area (Å²) in [6, 6.07) is 4.12. The number of hydrogen-bond donors (Lipinski definition) is 0. The molecule has 3 nitrogen and oxygen atoms in total. The Labute approximate surface area is 94.4 Å². The van der Waals surface area contributed by atoms with Crippen molar-refractivity contribution < 1.29 is 4.74 Å². The van der Waals surface area contributed by atoms with Crippen molar-refractivity contribution in [1.82, 2.24) is 9.78 Å². The molecule has 5 heteroatoms. The standard InChI is InChI=1S/C9H9BrN2OS/c1-13-8-5-11-12(9(8)10)6-7-3-2-4-14-7/h2-5H,6H2,1H3. The van der Waals surface area contributed by atoms with Gasteiger partial charge in [0.05, 0.1) is 19.9 Å². The molecule has 2 aromatic rings. The molecule has 2 aromatic heterocycles. The van der Waals surface area contributed by atoms with Crippen LogP contribution in [0.5, 0.6) is 5.75 Å². The molecule has 0 fully saturated rings. The maximum Gasteiger partial charge on any atom is 0.171 e. The first-order valence-electron chi connectivity index (χ1n) is 4.09. The van der Waals surface area contributed by atoms with Gasteiger partial charge in [-0.3, -0.25) is 0 Å². The number of nitrogens with zero attached hydrogens (tertiary/aromatic N) is 2. The smallest absolute Gasteiger partial charge is 0.171 e. The van der Waals surface area contributed by atoms with Gasteiger partial charge in [-0.2, -0.15) is 5.10 Å². The summed E-state index contributed by atoms with van der Waals surface area (Å²) in [6.45, 7) is 0.779. The molecular formula is C9H9BrN2OS. The highest BCUT2D eigenvalue weighted by atomic mass is 79.9. The molecule has 14 heavy (non-hydrogen) atoms. The highest BCUT2D eigenvalue weighted by Gasteiger charge is 2.08. The van der Waals surface area contributed by atoms with Crippen LogP contribution in [-0.4, -0.2) is 16.9 Å². The molecule has 0 atom stereocenters. The quantitative estimate of drug-likeness (QED) is 0.859. The normalized spacial score (nSPS) is 10.4. The van der Waals surface area contributed by atoms with E-state index < -0.39 is 0 Å². The fourth-order valence-electron chi connectivity index (χ4n) is 1.15. The molecule has 0 aliphatic carbocycles. The van der Waals surface area contributed by atoms with Crippen LogP contribution in [0.25, 0.3) is 0 Å². The second kappa shape index (κ2) is 4.14. The molecule has 0 aliphatic heterocycles. The SMILES string of the molecule is COc1cnn(Cc2cccs2)c1Br. The lowest BCUT2D eigenvalue weighted by Crippen LogP contribution is -1.99. The molecular weight excluding hydrogens is 264 g/mol. The van der Waals surface area contributed by atoms with Crippen molar-refractivity contribution >= 4 is 27.3 Å². The third-order valence-electron chi connectivity index (χ3n) is 1.85. The van der Waals surface area contributed by atoms with Gasteiger partial charge in [0.25, 0.3) is 0 Å². The van der Waals surface area contributed by atoms with E-state index in [0.29, 0.717) is 0 Å². The molecule has 0 amide bonds. The van der Waals surface area contributed by atoms with Crippen molar-refractivity contribution in [1.29, 1.82) is 0 Å². The van der Waals surface area contributed by atoms with Crippen LogP contribution in [0.15, 0.2) is 28.3 Å². The third-order valence-corrected chi connectivity index (χ3v) is 3.51. The van der Waals surface area contributed by atoms with E-state index >= 15 is 0 Å². The lowest BCUT2D eigenvalue weighted by molar-refractivity contribution is 0.411. The van der Waals surface area contributed by atoms with Crippen LogP contribution in [0.2, 0.25) is 0 Å². The fourth-order valence-corrected chi connectivity index (χ4v) is 2.32. The minimum absolute atomic E-state index is 0.765. The van der Waals surface area contributed by atoms with E-state index in [-0.39, 0.29) is 0 Å². The summed E-state index contributed by atoms with van der Waals surface area (Å²) < 4.78 is 7.87. The number of ether oxygens (including phenoxy) is 1. The highest BCUT2D eigenvalue weighted by molar-refractivity contribution is 9.10. The van der Waals surface area contributed by atoms with E-state index in [1.54, 1.807) is 24.6 Å². The summed E-state index contributed by atoms with van der Waals surface area (Å²) in [7, 11) is 1.64. The Bertz CT molecular complexity index is 410. The minimum atomic E-state index is 0.765. The Morgan fingerprint density at radius 3 is 3.07 bits per heavy atom. The Morgan fingerprint density at radius 2 is 2.50 bits per heavy atom. The second-order valence-corrected chi connectivity index (χ2v) is 4.52. The number of methoxy groups -OCH3 is 1. The van der Waals surface area contributed by atoms with Crippen LogP contribution in [0.1, 0.15) is 4.88 Å². The third kappa shape index (κ3) is 1.83. The monoisotopic (exact) mass is 272 g/mol. The summed E-state index contributed by atoms with van der Waals surface area (Å²) in [4.78, 5) is 1.27. The molecule has 0 unspecified atom stereocenters. The van der Waals surface area contributed by atoms with Crippen molar-refractivity contribution in [2.24, 2.45) is 0 Å². The highest BCUT2D eigenvalue weighted by Crippen LogP contribution is 2.25. The molecule has 2 heterocycles. The number of halogens is 1. The molecule has 0 saturated heterocycles. The van der Waals surface area contributed by atoms with Gasteiger partial charge in [-0.15, -0.1) is 11.3 Å². The van der Waals surface area contributed by atoms with E-state index in [4.69, 9.17) is 4.74 Å². The maximum atomic E-state index is 5.12. The summed E-state index contributed by atoms with van der Waals surface area (Å²) in [6.07, 6.45) is 1.71. The zero-order chi connectivity index (χ0) is 9.97. The second-order valence-electron chi connectivity index (χ2n) is 2.74. The molecule has 0 spiro atoms. The summed E-state index contributed by atoms with van der Waals surface area (Å²) in [5, 5.41) is 6.27. The first kappa shape index (κ1) is 9.73. The Hall–Kier alpha value is -0.810. The molecule has 0 aliphatic rings. The van der Waals surface area contributed by atoms with E-state index in [1.165, 1.54) is 4.88 Å². The zero-order valence-electron chi connectivity index (χ0n) is 7.61. The molecule has 0 radical (unpaired) electrons. The Morgan fingerprint density at radius 1 is 1.64 bits per heavy atom. The van der Waals surface area contributed by atoms with Crippen LogP contribution < -0.4 is 4.74 Å². The molecule has 0 saturated carbocycles. The van der Waals surface area contributed by atoms with Crippen molar-refractivity contribution in [3.05, 3.63) is 33.2 Å². The maximum absolute atomic E-state index is 5.12. The molecule has 0 N–H and O–H groups in total. The minimum Gasteiger partial charge on any atom is -0.492 e. The lowest BCUT2D eigenvalue weighted by Gasteiger charge is -2.01. The van der Waals surface area contributed by atoms with Crippen molar-refractivity contribution in [2.75, 3.05) is 7.11 Å². The summed E-state index contributed by atoms with van der Waals surface area (Å²) in [5.74, 6) is 0.765. The van der Waals surface area contributed by atoms with Crippen molar-refractivity contribution in [3.63, 3.8) is 0 Å². The first-order valence-corrected chi connectivity index (χ1v) is 5.76. The van der Waals surface area contributed by atoms with Crippen molar-refractivity contribution in [2.45, 2.75) is 6.54 Å². The van der Waals surface area contributed by atoms with Gasteiger partial charge in [-0.05, 0) is 27.4 Å². The Balaban J connectivity index is 2.21. The average molecular weight is 273 g/mol. The van der Waals surface area contributed by atoms with E-state index in [2.05, 4.69) is 32.5 Å². The van der Waals surface area contributed by atoms with Gasteiger partial charge >= 0.3 is 0 Å². The van der Waals surface area contributed by atoms with E-state index in [1.807, 2.05) is 10.7 Å². The van der Waals surface area contributed by atoms with Crippen LogP contribution >= 0.6 is 27.3 Å². The molecule has 0 aromatic carbocycles. The predicted octanol–water partition coefficient (Wildman–Crippen LogP) is 2.76. The topological polar surface area (TPSA) is 27.1 Å². The van der Waals surface area contributed by atoms with Gasteiger partial charge in [0.15, 0.2) is 5.75 Å². The fraction of sp³-hybridized carbons (Fsp3) is 0.222. The largest absolute Gasteiger partial charge is 0.492 e. The van der Waals surface area contributed by atoms with Crippen molar-refractivity contribution in [3.8, 4) is 5.75 Å². The number of hydrogen-bond acceptors (Lipinski definition) is 3. The molecule has 0 bridgehead atoms. The lowest BCUT2D eigenvalue weighted by atomic mass is 10.5. The van der Waals surface area contributed by atoms with Gasteiger partial charge in [-0.1, -0.05) is 6.07 Å². The number of rotatable bonds is 3.